The Bertz CT molecular complexity index is 1240. The predicted octanol–water partition coefficient (Wildman–Crippen LogP) is 5.19. The highest BCUT2D eigenvalue weighted by Gasteiger charge is 2.38. The van der Waals surface area contributed by atoms with Gasteiger partial charge >= 0.3 is 0 Å². The Balaban J connectivity index is 1.30. The van der Waals surface area contributed by atoms with Crippen molar-refractivity contribution in [1.29, 1.82) is 0 Å². The second kappa shape index (κ2) is 7.91. The van der Waals surface area contributed by atoms with Gasteiger partial charge in [0.2, 0.25) is 5.91 Å². The third-order valence-corrected chi connectivity index (χ3v) is 7.93. The largest absolute Gasteiger partial charge is 0.341 e. The zero-order valence-corrected chi connectivity index (χ0v) is 18.5. The van der Waals surface area contributed by atoms with Gasteiger partial charge in [-0.1, -0.05) is 55.7 Å². The third kappa shape index (κ3) is 3.37. The predicted molar refractivity (Wildman–Crippen MR) is 128 cm³/mol. The molecule has 0 spiro atoms. The summed E-state index contributed by atoms with van der Waals surface area (Å²) in [5.41, 5.74) is 2.97. The number of hydrogen-bond donors (Lipinski definition) is 0. The van der Waals surface area contributed by atoms with Crippen LogP contribution in [0.4, 0.5) is 0 Å². The first-order valence-corrected chi connectivity index (χ1v) is 12.2. The lowest BCUT2D eigenvalue weighted by molar-refractivity contribution is -0.139. The Labute approximate surface area is 188 Å². The van der Waals surface area contributed by atoms with Crippen molar-refractivity contribution in [3.63, 3.8) is 0 Å². The van der Waals surface area contributed by atoms with E-state index in [0.29, 0.717) is 11.8 Å². The van der Waals surface area contributed by atoms with Crippen molar-refractivity contribution in [3.8, 4) is 11.1 Å². The van der Waals surface area contributed by atoms with Gasteiger partial charge in [-0.25, -0.2) is 0 Å². The highest BCUT2D eigenvalue weighted by Crippen LogP contribution is 2.37. The van der Waals surface area contributed by atoms with Crippen LogP contribution in [0.2, 0.25) is 0 Å². The van der Waals surface area contributed by atoms with Crippen LogP contribution in [0.5, 0.6) is 0 Å². The standard InChI is InChI=1S/C28H30N2O2/c31-27(21-7-2-1-3-8-21)29-16-19-14-24(18-29)26-13-12-25(28(32)30(26)17-19)23-11-10-20-6-4-5-9-22(20)15-23/h4-6,9-13,15,19,21,24H,1-3,7-8,14,16-18H2. The molecule has 2 aliphatic heterocycles. The Kier molecular flexibility index (Phi) is 4.89. The van der Waals surface area contributed by atoms with Crippen LogP contribution in [-0.4, -0.2) is 28.5 Å². The molecule has 2 aromatic carbocycles. The summed E-state index contributed by atoms with van der Waals surface area (Å²) < 4.78 is 2.01. The minimum absolute atomic E-state index is 0.111. The first kappa shape index (κ1) is 19.8. The van der Waals surface area contributed by atoms with Gasteiger partial charge in [-0.15, -0.1) is 0 Å². The van der Waals surface area contributed by atoms with Gasteiger partial charge in [-0.3, -0.25) is 9.59 Å². The Morgan fingerprint density at radius 1 is 0.844 bits per heavy atom. The second-order valence-electron chi connectivity index (χ2n) is 10.0. The molecule has 0 radical (unpaired) electrons. The quantitative estimate of drug-likeness (QED) is 0.566. The van der Waals surface area contributed by atoms with Crippen molar-refractivity contribution < 1.29 is 4.79 Å². The Morgan fingerprint density at radius 2 is 1.66 bits per heavy atom. The fourth-order valence-corrected chi connectivity index (χ4v) is 6.31. The van der Waals surface area contributed by atoms with E-state index < -0.39 is 0 Å². The van der Waals surface area contributed by atoms with Crippen LogP contribution < -0.4 is 5.56 Å². The summed E-state index contributed by atoms with van der Waals surface area (Å²) in [5.74, 6) is 1.23. The van der Waals surface area contributed by atoms with Crippen LogP contribution in [0.1, 0.15) is 50.1 Å². The lowest BCUT2D eigenvalue weighted by Crippen LogP contribution is -2.50. The third-order valence-electron chi connectivity index (χ3n) is 7.93. The van der Waals surface area contributed by atoms with Gasteiger partial charge in [-0.05, 0) is 59.7 Å². The first-order valence-electron chi connectivity index (χ1n) is 12.2. The van der Waals surface area contributed by atoms with Crippen molar-refractivity contribution in [2.24, 2.45) is 11.8 Å². The minimum atomic E-state index is 0.111. The van der Waals surface area contributed by atoms with Crippen molar-refractivity contribution in [3.05, 3.63) is 70.6 Å². The Hall–Kier alpha value is -2.88. The minimum Gasteiger partial charge on any atom is -0.341 e. The van der Waals surface area contributed by atoms with Crippen LogP contribution in [0.15, 0.2) is 59.4 Å². The lowest BCUT2D eigenvalue weighted by Gasteiger charge is -2.44. The van der Waals surface area contributed by atoms with Gasteiger partial charge in [0.05, 0.1) is 0 Å². The number of hydrogen-bond acceptors (Lipinski definition) is 2. The number of aromatic nitrogens is 1. The van der Waals surface area contributed by atoms with Gasteiger partial charge in [0.1, 0.15) is 0 Å². The van der Waals surface area contributed by atoms with Gasteiger partial charge in [0.25, 0.3) is 5.56 Å². The number of amides is 1. The summed E-state index contributed by atoms with van der Waals surface area (Å²) in [6.45, 7) is 2.29. The Morgan fingerprint density at radius 3 is 2.50 bits per heavy atom. The molecule has 1 saturated carbocycles. The molecule has 1 aromatic heterocycles. The normalized spacial score (nSPS) is 23.2. The van der Waals surface area contributed by atoms with Crippen LogP contribution in [0.3, 0.4) is 0 Å². The molecular formula is C28H30N2O2. The van der Waals surface area contributed by atoms with E-state index in [2.05, 4.69) is 41.3 Å². The molecule has 3 heterocycles. The highest BCUT2D eigenvalue weighted by atomic mass is 16.2. The SMILES string of the molecule is O=C(C1CCCCC1)N1CC2CC(C1)c1ccc(-c3ccc4ccccc4c3)c(=O)n1C2. The number of pyridine rings is 1. The van der Waals surface area contributed by atoms with Crippen LogP contribution in [-0.2, 0) is 11.3 Å². The summed E-state index contributed by atoms with van der Waals surface area (Å²) in [6, 6.07) is 18.7. The zero-order chi connectivity index (χ0) is 21.7. The number of nitrogens with zero attached hydrogens (tertiary/aromatic N) is 2. The summed E-state index contributed by atoms with van der Waals surface area (Å²) in [4.78, 5) is 28.8. The molecular weight excluding hydrogens is 396 g/mol. The molecule has 2 atom stereocenters. The molecule has 2 bridgehead atoms. The molecule has 1 saturated heterocycles. The number of likely N-dealkylation sites (tertiary alicyclic amines) is 1. The van der Waals surface area contributed by atoms with E-state index in [9.17, 15) is 9.59 Å². The van der Waals surface area contributed by atoms with Crippen molar-refractivity contribution >= 4 is 16.7 Å². The topological polar surface area (TPSA) is 42.3 Å². The van der Waals surface area contributed by atoms with Gasteiger partial charge in [0.15, 0.2) is 0 Å². The number of benzene rings is 2. The fourth-order valence-electron chi connectivity index (χ4n) is 6.31. The molecule has 6 rings (SSSR count). The van der Waals surface area contributed by atoms with Crippen LogP contribution in [0, 0.1) is 11.8 Å². The molecule has 2 fully saturated rings. The second-order valence-corrected chi connectivity index (χ2v) is 10.0. The maximum absolute atomic E-state index is 13.5. The number of carbonyl (C=O) groups is 1. The van der Waals surface area contributed by atoms with E-state index in [1.54, 1.807) is 0 Å². The molecule has 3 aliphatic rings. The summed E-state index contributed by atoms with van der Waals surface area (Å²) in [6.07, 6.45) is 6.83. The van der Waals surface area contributed by atoms with Crippen molar-refractivity contribution in [1.82, 2.24) is 9.47 Å². The molecule has 1 amide bonds. The smallest absolute Gasteiger partial charge is 0.258 e. The number of rotatable bonds is 2. The molecule has 32 heavy (non-hydrogen) atoms. The monoisotopic (exact) mass is 426 g/mol. The first-order chi connectivity index (χ1) is 15.7. The van der Waals surface area contributed by atoms with E-state index in [-0.39, 0.29) is 17.4 Å². The summed E-state index contributed by atoms with van der Waals surface area (Å²) >= 11 is 0. The fraction of sp³-hybridized carbons (Fsp3) is 0.429. The average molecular weight is 427 g/mol. The molecule has 2 unspecified atom stereocenters. The molecule has 3 aromatic rings. The van der Waals surface area contributed by atoms with E-state index in [0.717, 1.165) is 61.1 Å². The summed E-state index contributed by atoms with van der Waals surface area (Å²) in [5, 5.41) is 2.34. The maximum Gasteiger partial charge on any atom is 0.258 e. The van der Waals surface area contributed by atoms with Gasteiger partial charge in [-0.2, -0.15) is 0 Å². The summed E-state index contributed by atoms with van der Waals surface area (Å²) in [7, 11) is 0. The van der Waals surface area contributed by atoms with E-state index in [1.807, 2.05) is 22.8 Å². The zero-order valence-electron chi connectivity index (χ0n) is 18.5. The van der Waals surface area contributed by atoms with Crippen LogP contribution >= 0.6 is 0 Å². The maximum atomic E-state index is 13.5. The van der Waals surface area contributed by atoms with Gasteiger partial charge in [0, 0.05) is 42.7 Å². The van der Waals surface area contributed by atoms with Crippen molar-refractivity contribution in [2.75, 3.05) is 13.1 Å². The molecule has 0 N–H and O–H groups in total. The van der Waals surface area contributed by atoms with Gasteiger partial charge < -0.3 is 9.47 Å². The van der Waals surface area contributed by atoms with E-state index in [4.69, 9.17) is 0 Å². The molecule has 1 aliphatic carbocycles. The lowest BCUT2D eigenvalue weighted by atomic mass is 9.81. The average Bonchev–Trinajstić information content (AvgIpc) is 2.84. The highest BCUT2D eigenvalue weighted by molar-refractivity contribution is 5.87. The molecule has 4 heteroatoms. The number of piperidine rings is 1. The molecule has 164 valence electrons. The number of carbonyl (C=O) groups excluding carboxylic acids is 1. The number of fused-ring (bicyclic) bond motifs is 5. The van der Waals surface area contributed by atoms with E-state index in [1.165, 1.54) is 24.6 Å². The van der Waals surface area contributed by atoms with E-state index >= 15 is 0 Å². The van der Waals surface area contributed by atoms with Crippen molar-refractivity contribution in [2.45, 2.75) is 51.0 Å². The molecule has 4 nitrogen and oxygen atoms in total. The van der Waals surface area contributed by atoms with Crippen LogP contribution in [0.25, 0.3) is 21.9 Å².